The van der Waals surface area contributed by atoms with E-state index in [1.54, 1.807) is 11.8 Å². The van der Waals surface area contributed by atoms with Crippen molar-refractivity contribution in [3.8, 4) is 0 Å². The van der Waals surface area contributed by atoms with Crippen molar-refractivity contribution < 1.29 is 4.79 Å². The maximum atomic E-state index is 11.2. The number of hydrogen-bond donors (Lipinski definition) is 1. The molecule has 1 fully saturated rings. The van der Waals surface area contributed by atoms with E-state index in [0.29, 0.717) is 5.75 Å². The van der Waals surface area contributed by atoms with E-state index in [2.05, 4.69) is 21.2 Å². The minimum absolute atomic E-state index is 0.111. The fourth-order valence-electron chi connectivity index (χ4n) is 1.47. The highest BCUT2D eigenvalue weighted by atomic mass is 79.9. The Morgan fingerprint density at radius 1 is 1.43 bits per heavy atom. The summed E-state index contributed by atoms with van der Waals surface area (Å²) in [5.41, 5.74) is 1.14. The van der Waals surface area contributed by atoms with Gasteiger partial charge in [0.2, 0.25) is 5.91 Å². The van der Waals surface area contributed by atoms with Crippen LogP contribution in [0, 0.1) is 0 Å². The zero-order chi connectivity index (χ0) is 10.2. The average Bonchev–Trinajstić information content (AvgIpc) is 2.48. The maximum absolute atomic E-state index is 11.2. The second-order valence-corrected chi connectivity index (χ2v) is 5.69. The summed E-state index contributed by atoms with van der Waals surface area (Å²) < 4.78 is 1.05. The first kappa shape index (κ1) is 10.1. The maximum Gasteiger partial charge on any atom is 0.231 e. The lowest BCUT2D eigenvalue weighted by Crippen LogP contribution is -2.33. The van der Waals surface area contributed by atoms with Gasteiger partial charge in [-0.1, -0.05) is 28.1 Å². The monoisotopic (exact) mass is 271 g/mol. The Hall–Kier alpha value is -0.480. The second-order valence-electron chi connectivity index (χ2n) is 3.38. The van der Waals surface area contributed by atoms with Crippen molar-refractivity contribution >= 4 is 33.6 Å². The Balaban J connectivity index is 2.30. The van der Waals surface area contributed by atoms with Gasteiger partial charge in [-0.05, 0) is 24.6 Å². The van der Waals surface area contributed by atoms with E-state index in [1.165, 1.54) is 0 Å². The van der Waals surface area contributed by atoms with Gasteiger partial charge < -0.3 is 5.32 Å². The predicted octanol–water partition coefficient (Wildman–Crippen LogP) is 2.48. The van der Waals surface area contributed by atoms with E-state index in [0.717, 1.165) is 10.0 Å². The summed E-state index contributed by atoms with van der Waals surface area (Å²) in [5, 5.41) is 2.97. The average molecular weight is 272 g/mol. The van der Waals surface area contributed by atoms with Crippen LogP contribution in [0.2, 0.25) is 0 Å². The molecule has 1 aromatic rings. The van der Waals surface area contributed by atoms with Gasteiger partial charge >= 0.3 is 0 Å². The Morgan fingerprint density at radius 3 is 2.57 bits per heavy atom. The van der Waals surface area contributed by atoms with Crippen LogP contribution >= 0.6 is 27.7 Å². The van der Waals surface area contributed by atoms with Gasteiger partial charge in [0, 0.05) is 4.47 Å². The summed E-state index contributed by atoms with van der Waals surface area (Å²) in [5.74, 6) is 0.660. The predicted molar refractivity (Wildman–Crippen MR) is 62.1 cm³/mol. The van der Waals surface area contributed by atoms with Crippen LogP contribution in [0.15, 0.2) is 28.7 Å². The molecular weight excluding hydrogens is 262 g/mol. The van der Waals surface area contributed by atoms with E-state index in [4.69, 9.17) is 0 Å². The van der Waals surface area contributed by atoms with Gasteiger partial charge in [-0.15, -0.1) is 11.8 Å². The highest BCUT2D eigenvalue weighted by Gasteiger charge is 2.35. The SMILES string of the molecule is CC1(c2ccc(Br)cc2)NC(=O)CS1. The summed E-state index contributed by atoms with van der Waals surface area (Å²) in [4.78, 5) is 10.9. The smallest absolute Gasteiger partial charge is 0.231 e. The summed E-state index contributed by atoms with van der Waals surface area (Å²) >= 11 is 5.03. The highest BCUT2D eigenvalue weighted by Crippen LogP contribution is 2.37. The number of benzene rings is 1. The summed E-state index contributed by atoms with van der Waals surface area (Å²) in [6.45, 7) is 2.03. The van der Waals surface area contributed by atoms with Gasteiger partial charge in [0.15, 0.2) is 0 Å². The topological polar surface area (TPSA) is 29.1 Å². The number of carbonyl (C=O) groups excluding carboxylic acids is 1. The van der Waals surface area contributed by atoms with Crippen molar-refractivity contribution in [2.45, 2.75) is 11.8 Å². The number of carbonyl (C=O) groups is 1. The molecule has 14 heavy (non-hydrogen) atoms. The number of hydrogen-bond acceptors (Lipinski definition) is 2. The molecule has 0 saturated carbocycles. The van der Waals surface area contributed by atoms with Crippen molar-refractivity contribution in [2.75, 3.05) is 5.75 Å². The lowest BCUT2D eigenvalue weighted by Gasteiger charge is -2.23. The standard InChI is InChI=1S/C10H10BrNOS/c1-10(12-9(13)6-14-10)7-2-4-8(11)5-3-7/h2-5H,6H2,1H3,(H,12,13). The van der Waals surface area contributed by atoms with Crippen LogP contribution in [0.1, 0.15) is 12.5 Å². The molecule has 1 N–H and O–H groups in total. The molecule has 74 valence electrons. The number of nitrogens with one attached hydrogen (secondary N) is 1. The van der Waals surface area contributed by atoms with E-state index in [-0.39, 0.29) is 10.8 Å². The highest BCUT2D eigenvalue weighted by molar-refractivity contribution is 9.10. The van der Waals surface area contributed by atoms with Gasteiger partial charge in [0.25, 0.3) is 0 Å². The molecule has 2 nitrogen and oxygen atoms in total. The molecule has 0 bridgehead atoms. The largest absolute Gasteiger partial charge is 0.337 e. The lowest BCUT2D eigenvalue weighted by molar-refractivity contribution is -0.118. The van der Waals surface area contributed by atoms with Gasteiger partial charge in [0.1, 0.15) is 4.87 Å². The second kappa shape index (κ2) is 3.59. The zero-order valence-electron chi connectivity index (χ0n) is 7.71. The van der Waals surface area contributed by atoms with E-state index < -0.39 is 0 Å². The number of amides is 1. The molecule has 2 rings (SSSR count). The molecule has 1 aliphatic rings. The molecular formula is C10H10BrNOS. The van der Waals surface area contributed by atoms with Gasteiger partial charge in [-0.2, -0.15) is 0 Å². The Kier molecular flexibility index (Phi) is 2.58. The molecule has 1 unspecified atom stereocenters. The summed E-state index contributed by atoms with van der Waals surface area (Å²) in [6, 6.07) is 8.04. The molecule has 1 saturated heterocycles. The Bertz CT molecular complexity index is 365. The van der Waals surface area contributed by atoms with Crippen LogP contribution in [0.3, 0.4) is 0 Å². The molecule has 1 heterocycles. The van der Waals surface area contributed by atoms with Crippen LogP contribution in [0.5, 0.6) is 0 Å². The molecule has 0 radical (unpaired) electrons. The number of rotatable bonds is 1. The van der Waals surface area contributed by atoms with Crippen molar-refractivity contribution in [3.05, 3.63) is 34.3 Å². The molecule has 1 amide bonds. The fourth-order valence-corrected chi connectivity index (χ4v) is 2.72. The Labute approximate surface area is 95.6 Å². The molecule has 4 heteroatoms. The van der Waals surface area contributed by atoms with E-state index in [1.807, 2.05) is 31.2 Å². The Morgan fingerprint density at radius 2 is 2.07 bits per heavy atom. The van der Waals surface area contributed by atoms with Crippen LogP contribution in [0.25, 0.3) is 0 Å². The van der Waals surface area contributed by atoms with Crippen LogP contribution in [-0.2, 0) is 9.67 Å². The third kappa shape index (κ3) is 1.81. The van der Waals surface area contributed by atoms with Gasteiger partial charge in [-0.25, -0.2) is 0 Å². The first-order chi connectivity index (χ1) is 6.60. The van der Waals surface area contributed by atoms with Gasteiger partial charge in [-0.3, -0.25) is 4.79 Å². The summed E-state index contributed by atoms with van der Waals surface area (Å²) in [6.07, 6.45) is 0. The summed E-state index contributed by atoms with van der Waals surface area (Å²) in [7, 11) is 0. The molecule has 0 aromatic heterocycles. The minimum atomic E-state index is -0.252. The molecule has 0 spiro atoms. The van der Waals surface area contributed by atoms with Crippen LogP contribution < -0.4 is 5.32 Å². The third-order valence-corrected chi connectivity index (χ3v) is 4.12. The van der Waals surface area contributed by atoms with E-state index in [9.17, 15) is 4.79 Å². The first-order valence-corrected chi connectivity index (χ1v) is 6.09. The normalized spacial score (nSPS) is 26.3. The molecule has 1 atom stereocenters. The lowest BCUT2D eigenvalue weighted by atomic mass is 10.1. The van der Waals surface area contributed by atoms with Crippen molar-refractivity contribution in [1.29, 1.82) is 0 Å². The number of thioether (sulfide) groups is 1. The van der Waals surface area contributed by atoms with Gasteiger partial charge in [0.05, 0.1) is 5.75 Å². The molecule has 1 aromatic carbocycles. The van der Waals surface area contributed by atoms with Crippen molar-refractivity contribution in [3.63, 3.8) is 0 Å². The zero-order valence-corrected chi connectivity index (χ0v) is 10.1. The van der Waals surface area contributed by atoms with Crippen molar-refractivity contribution in [1.82, 2.24) is 5.32 Å². The molecule has 0 aliphatic carbocycles. The third-order valence-electron chi connectivity index (χ3n) is 2.26. The van der Waals surface area contributed by atoms with Crippen molar-refractivity contribution in [2.24, 2.45) is 0 Å². The minimum Gasteiger partial charge on any atom is -0.337 e. The first-order valence-electron chi connectivity index (χ1n) is 4.31. The van der Waals surface area contributed by atoms with Crippen LogP contribution in [0.4, 0.5) is 0 Å². The number of halogens is 1. The molecule has 1 aliphatic heterocycles. The van der Waals surface area contributed by atoms with Crippen LogP contribution in [-0.4, -0.2) is 11.7 Å². The fraction of sp³-hybridized carbons (Fsp3) is 0.300. The van der Waals surface area contributed by atoms with E-state index >= 15 is 0 Å². The quantitative estimate of drug-likeness (QED) is 0.851.